The highest BCUT2D eigenvalue weighted by Crippen LogP contribution is 2.29. The van der Waals surface area contributed by atoms with E-state index in [9.17, 15) is 4.79 Å². The normalized spacial score (nSPS) is 24.8. The number of hydrogen-bond acceptors (Lipinski definition) is 5. The molecule has 2 saturated heterocycles. The molecule has 2 aliphatic heterocycles. The fraction of sp³-hybridized carbons (Fsp3) is 0.682. The Kier molecular flexibility index (Phi) is 7.18. The zero-order valence-corrected chi connectivity index (χ0v) is 17.8. The smallest absolute Gasteiger partial charge is 0.226 e. The number of rotatable bonds is 5. The third kappa shape index (κ3) is 5.17. The summed E-state index contributed by atoms with van der Waals surface area (Å²) in [5.41, 5.74) is 0. The summed E-state index contributed by atoms with van der Waals surface area (Å²) in [6, 6.07) is 8.29. The molecule has 1 aromatic carbocycles. The molecule has 2 fully saturated rings. The van der Waals surface area contributed by atoms with Gasteiger partial charge in [-0.25, -0.2) is 0 Å². The number of piperidine rings is 1. The topological polar surface area (TPSA) is 45.3 Å². The van der Waals surface area contributed by atoms with Crippen molar-refractivity contribution in [2.75, 3.05) is 54.4 Å². The first-order valence-electron chi connectivity index (χ1n) is 10.4. The van der Waals surface area contributed by atoms with Crippen LogP contribution in [0.25, 0.3) is 0 Å². The van der Waals surface area contributed by atoms with Crippen LogP contribution < -0.4 is 9.47 Å². The third-order valence-corrected chi connectivity index (χ3v) is 6.10. The van der Waals surface area contributed by atoms with Crippen LogP contribution in [0.1, 0.15) is 25.7 Å². The van der Waals surface area contributed by atoms with E-state index in [4.69, 9.17) is 9.47 Å². The predicted octanol–water partition coefficient (Wildman–Crippen LogP) is 2.34. The second-order valence-electron chi connectivity index (χ2n) is 8.41. The van der Waals surface area contributed by atoms with Crippen molar-refractivity contribution in [3.8, 4) is 11.5 Å². The predicted molar refractivity (Wildman–Crippen MR) is 111 cm³/mol. The lowest BCUT2D eigenvalue weighted by Gasteiger charge is -2.34. The molecule has 0 unspecified atom stereocenters. The molecular weight excluding hydrogens is 354 g/mol. The van der Waals surface area contributed by atoms with Gasteiger partial charge in [-0.1, -0.05) is 12.1 Å². The van der Waals surface area contributed by atoms with Gasteiger partial charge in [0.2, 0.25) is 5.91 Å². The lowest BCUT2D eigenvalue weighted by molar-refractivity contribution is -0.138. The molecule has 0 N–H and O–H groups in total. The Morgan fingerprint density at radius 1 is 1.04 bits per heavy atom. The molecule has 156 valence electrons. The summed E-state index contributed by atoms with van der Waals surface area (Å²) >= 11 is 0. The summed E-state index contributed by atoms with van der Waals surface area (Å²) in [7, 11) is 8.06. The van der Waals surface area contributed by atoms with Crippen LogP contribution in [-0.4, -0.2) is 87.2 Å². The van der Waals surface area contributed by atoms with E-state index < -0.39 is 0 Å². The number of benzene rings is 1. The highest BCUT2D eigenvalue weighted by Gasteiger charge is 2.32. The number of para-hydroxylation sites is 2. The van der Waals surface area contributed by atoms with E-state index in [2.05, 4.69) is 35.8 Å². The zero-order chi connectivity index (χ0) is 20.1. The molecule has 6 nitrogen and oxygen atoms in total. The van der Waals surface area contributed by atoms with Gasteiger partial charge in [0.05, 0.1) is 13.0 Å². The number of nitrogens with zero attached hydrogens (tertiary/aromatic N) is 3. The van der Waals surface area contributed by atoms with Crippen LogP contribution in [0.5, 0.6) is 11.5 Å². The van der Waals surface area contributed by atoms with Gasteiger partial charge >= 0.3 is 0 Å². The minimum atomic E-state index is 0.113. The van der Waals surface area contributed by atoms with Gasteiger partial charge in [-0.3, -0.25) is 4.79 Å². The molecule has 0 aliphatic carbocycles. The summed E-state index contributed by atoms with van der Waals surface area (Å²) in [6.45, 7) is 3.44. The van der Waals surface area contributed by atoms with Gasteiger partial charge in [0, 0.05) is 45.1 Å². The minimum Gasteiger partial charge on any atom is -0.493 e. The maximum absolute atomic E-state index is 13.1. The fourth-order valence-electron chi connectivity index (χ4n) is 4.36. The standard InChI is InChI=1S/C22H35N3O3/c1-23(2)18-10-9-17(15-24(3)16-18)22(26)25-13-11-19(12-14-25)28-21-8-6-5-7-20(21)27-4/h5-8,17-19H,9-16H2,1-4H3/t17-,18+/m1/s1. The first-order chi connectivity index (χ1) is 13.5. The summed E-state index contributed by atoms with van der Waals surface area (Å²) < 4.78 is 11.5. The van der Waals surface area contributed by atoms with Crippen LogP contribution >= 0.6 is 0 Å². The Hall–Kier alpha value is -1.79. The monoisotopic (exact) mass is 389 g/mol. The van der Waals surface area contributed by atoms with Crippen molar-refractivity contribution in [2.24, 2.45) is 5.92 Å². The van der Waals surface area contributed by atoms with E-state index in [1.807, 2.05) is 24.3 Å². The molecular formula is C22H35N3O3. The van der Waals surface area contributed by atoms with Gasteiger partial charge in [0.15, 0.2) is 11.5 Å². The number of carbonyl (C=O) groups excluding carboxylic acids is 1. The summed E-state index contributed by atoms with van der Waals surface area (Å²) in [4.78, 5) is 19.8. The lowest BCUT2D eigenvalue weighted by atomic mass is 9.98. The van der Waals surface area contributed by atoms with Crippen molar-refractivity contribution in [1.29, 1.82) is 0 Å². The molecule has 6 heteroatoms. The molecule has 2 atom stereocenters. The van der Waals surface area contributed by atoms with Gasteiger partial charge in [-0.15, -0.1) is 0 Å². The van der Waals surface area contributed by atoms with Crippen molar-refractivity contribution in [1.82, 2.24) is 14.7 Å². The minimum absolute atomic E-state index is 0.113. The van der Waals surface area contributed by atoms with Crippen LogP contribution in [0.4, 0.5) is 0 Å². The molecule has 1 amide bonds. The van der Waals surface area contributed by atoms with Crippen LogP contribution in [0.3, 0.4) is 0 Å². The number of ether oxygens (including phenoxy) is 2. The highest BCUT2D eigenvalue weighted by molar-refractivity contribution is 5.79. The van der Waals surface area contributed by atoms with Crippen molar-refractivity contribution < 1.29 is 14.3 Å². The molecule has 0 saturated carbocycles. The summed E-state index contributed by atoms with van der Waals surface area (Å²) in [5, 5.41) is 0. The van der Waals surface area contributed by atoms with E-state index in [-0.39, 0.29) is 12.0 Å². The Morgan fingerprint density at radius 2 is 1.71 bits per heavy atom. The van der Waals surface area contributed by atoms with Crippen molar-refractivity contribution in [3.05, 3.63) is 24.3 Å². The highest BCUT2D eigenvalue weighted by atomic mass is 16.5. The molecule has 0 radical (unpaired) electrons. The molecule has 2 aliphatic rings. The van der Waals surface area contributed by atoms with Gasteiger partial charge in [0.25, 0.3) is 0 Å². The molecule has 0 spiro atoms. The first kappa shape index (κ1) is 20.9. The lowest BCUT2D eigenvalue weighted by Crippen LogP contribution is -2.46. The van der Waals surface area contributed by atoms with Crippen molar-refractivity contribution in [3.63, 3.8) is 0 Å². The number of amides is 1. The summed E-state index contributed by atoms with van der Waals surface area (Å²) in [6.07, 6.45) is 3.93. The van der Waals surface area contributed by atoms with E-state index in [0.717, 1.165) is 63.4 Å². The van der Waals surface area contributed by atoms with Crippen LogP contribution in [0.2, 0.25) is 0 Å². The molecule has 3 rings (SSSR count). The Labute approximate surface area is 169 Å². The second-order valence-corrected chi connectivity index (χ2v) is 8.41. The number of methoxy groups -OCH3 is 1. The number of carbonyl (C=O) groups is 1. The largest absolute Gasteiger partial charge is 0.493 e. The third-order valence-electron chi connectivity index (χ3n) is 6.10. The Bertz CT molecular complexity index is 644. The molecule has 28 heavy (non-hydrogen) atoms. The maximum atomic E-state index is 13.1. The fourth-order valence-corrected chi connectivity index (χ4v) is 4.36. The van der Waals surface area contributed by atoms with Gasteiger partial charge < -0.3 is 24.2 Å². The average molecular weight is 390 g/mol. The van der Waals surface area contributed by atoms with E-state index in [0.29, 0.717) is 11.9 Å². The summed E-state index contributed by atoms with van der Waals surface area (Å²) in [5.74, 6) is 1.98. The van der Waals surface area contributed by atoms with E-state index in [1.165, 1.54) is 0 Å². The van der Waals surface area contributed by atoms with Gasteiger partial charge in [-0.05, 0) is 46.1 Å². The first-order valence-corrected chi connectivity index (χ1v) is 10.4. The van der Waals surface area contributed by atoms with Crippen molar-refractivity contribution >= 4 is 5.91 Å². The number of hydrogen-bond donors (Lipinski definition) is 0. The molecule has 0 aromatic heterocycles. The van der Waals surface area contributed by atoms with Gasteiger partial charge in [-0.2, -0.15) is 0 Å². The molecule has 2 heterocycles. The van der Waals surface area contributed by atoms with E-state index >= 15 is 0 Å². The molecule has 0 bridgehead atoms. The average Bonchev–Trinajstić information content (AvgIpc) is 2.90. The van der Waals surface area contributed by atoms with Crippen molar-refractivity contribution in [2.45, 2.75) is 37.8 Å². The van der Waals surface area contributed by atoms with Gasteiger partial charge in [0.1, 0.15) is 6.10 Å². The maximum Gasteiger partial charge on any atom is 0.226 e. The van der Waals surface area contributed by atoms with Crippen LogP contribution in [0.15, 0.2) is 24.3 Å². The number of likely N-dealkylation sites (N-methyl/N-ethyl adjacent to an activating group) is 2. The van der Waals surface area contributed by atoms with Crippen LogP contribution in [-0.2, 0) is 4.79 Å². The molecule has 1 aromatic rings. The second kappa shape index (κ2) is 9.61. The zero-order valence-electron chi connectivity index (χ0n) is 17.8. The Morgan fingerprint density at radius 3 is 2.36 bits per heavy atom. The SMILES string of the molecule is COc1ccccc1OC1CCN(C(=O)[C@@H]2CC[C@H](N(C)C)CN(C)C2)CC1. The number of likely N-dealkylation sites (tertiary alicyclic amines) is 2. The van der Waals surface area contributed by atoms with Crippen LogP contribution in [0, 0.1) is 5.92 Å². The Balaban J connectivity index is 1.52. The quantitative estimate of drug-likeness (QED) is 0.774. The van der Waals surface area contributed by atoms with E-state index in [1.54, 1.807) is 7.11 Å².